The molecule has 0 unspecified atom stereocenters. The fraction of sp³-hybridized carbons (Fsp3) is 0.174. The van der Waals surface area contributed by atoms with E-state index >= 15 is 0 Å². The Hall–Kier alpha value is -3.49. The Kier molecular flexibility index (Phi) is 6.86. The largest absolute Gasteiger partial charge is 0.471 e. The zero-order chi connectivity index (χ0) is 23.4. The Labute approximate surface area is 200 Å². The lowest BCUT2D eigenvalue weighted by Crippen LogP contribution is -2.14. The van der Waals surface area contributed by atoms with Gasteiger partial charge >= 0.3 is 0 Å². The second kappa shape index (κ2) is 9.97. The minimum atomic E-state index is -0.371. The lowest BCUT2D eigenvalue weighted by molar-refractivity contribution is 0.102. The molecule has 10 heteroatoms. The minimum absolute atomic E-state index is 0.0705. The van der Waals surface area contributed by atoms with Crippen molar-refractivity contribution in [3.05, 3.63) is 87.9 Å². The molecule has 2 aromatic carbocycles. The number of hydrogen-bond donors (Lipinski definition) is 1. The van der Waals surface area contributed by atoms with Crippen molar-refractivity contribution in [1.29, 1.82) is 0 Å². The van der Waals surface area contributed by atoms with Crippen LogP contribution >= 0.6 is 23.2 Å². The average Bonchev–Trinajstić information content (AvgIpc) is 3.44. The normalized spacial score (nSPS) is 10.8. The Balaban J connectivity index is 1.31. The van der Waals surface area contributed by atoms with Crippen LogP contribution in [-0.2, 0) is 13.5 Å². The summed E-state index contributed by atoms with van der Waals surface area (Å²) in [5.41, 5.74) is 2.98. The van der Waals surface area contributed by atoms with Crippen molar-refractivity contribution in [1.82, 2.24) is 19.6 Å². The number of aromatic nitrogens is 4. The van der Waals surface area contributed by atoms with Gasteiger partial charge < -0.3 is 14.8 Å². The number of benzene rings is 2. The molecule has 0 aliphatic heterocycles. The number of nitrogens with one attached hydrogen (secondary N) is 1. The van der Waals surface area contributed by atoms with Crippen LogP contribution in [0.5, 0.6) is 11.5 Å². The summed E-state index contributed by atoms with van der Waals surface area (Å²) >= 11 is 12.1. The van der Waals surface area contributed by atoms with E-state index in [1.165, 1.54) is 10.2 Å². The number of ether oxygens (including phenoxy) is 2. The number of hydrogen-bond acceptors (Lipinski definition) is 5. The van der Waals surface area contributed by atoms with E-state index in [2.05, 4.69) is 21.6 Å². The van der Waals surface area contributed by atoms with E-state index in [0.717, 1.165) is 11.3 Å². The molecule has 0 spiro atoms. The molecule has 0 saturated heterocycles. The molecule has 1 N–H and O–H groups in total. The zero-order valence-electron chi connectivity index (χ0n) is 18.0. The van der Waals surface area contributed by atoms with E-state index in [-0.39, 0.29) is 25.1 Å². The maximum atomic E-state index is 12.5. The lowest BCUT2D eigenvalue weighted by Gasteiger charge is -2.09. The van der Waals surface area contributed by atoms with Gasteiger partial charge in [-0.25, -0.2) is 9.36 Å². The molecule has 0 saturated carbocycles. The average molecular weight is 486 g/mol. The van der Waals surface area contributed by atoms with Crippen LogP contribution in [0.15, 0.2) is 61.1 Å². The second-order valence-electron chi connectivity index (χ2n) is 7.33. The van der Waals surface area contributed by atoms with E-state index in [1.54, 1.807) is 47.5 Å². The van der Waals surface area contributed by atoms with E-state index in [1.807, 2.05) is 26.0 Å². The highest BCUT2D eigenvalue weighted by Crippen LogP contribution is 2.31. The highest BCUT2D eigenvalue weighted by atomic mass is 35.5. The number of amides is 1. The van der Waals surface area contributed by atoms with Gasteiger partial charge in [0.05, 0.1) is 23.1 Å². The molecule has 8 nitrogen and oxygen atoms in total. The maximum absolute atomic E-state index is 12.5. The number of aryl methyl sites for hydroxylation is 2. The summed E-state index contributed by atoms with van der Waals surface area (Å²) in [4.78, 5) is 12.5. The van der Waals surface area contributed by atoms with Gasteiger partial charge in [-0.2, -0.15) is 10.2 Å². The van der Waals surface area contributed by atoms with E-state index in [9.17, 15) is 4.79 Å². The van der Waals surface area contributed by atoms with Crippen LogP contribution < -0.4 is 14.8 Å². The van der Waals surface area contributed by atoms with Crippen molar-refractivity contribution in [2.45, 2.75) is 27.3 Å². The van der Waals surface area contributed by atoms with Crippen LogP contribution in [0.25, 0.3) is 0 Å². The van der Waals surface area contributed by atoms with E-state index in [4.69, 9.17) is 32.7 Å². The van der Waals surface area contributed by atoms with Gasteiger partial charge in [0, 0.05) is 6.20 Å². The van der Waals surface area contributed by atoms with E-state index < -0.39 is 0 Å². The summed E-state index contributed by atoms with van der Waals surface area (Å²) in [6, 6.07) is 12.7. The van der Waals surface area contributed by atoms with Gasteiger partial charge in [-0.3, -0.25) is 4.79 Å². The molecule has 170 valence electrons. The fourth-order valence-electron chi connectivity index (χ4n) is 3.08. The highest BCUT2D eigenvalue weighted by Gasteiger charge is 2.12. The number of carbonyl (C=O) groups excluding carboxylic acids is 1. The van der Waals surface area contributed by atoms with Crippen LogP contribution in [0, 0.1) is 13.8 Å². The molecule has 0 atom stereocenters. The third-order valence-corrected chi connectivity index (χ3v) is 5.52. The van der Waals surface area contributed by atoms with Gasteiger partial charge in [-0.1, -0.05) is 47.0 Å². The van der Waals surface area contributed by atoms with Crippen LogP contribution in [-0.4, -0.2) is 25.5 Å². The SMILES string of the molecule is Cc1ccc(OCn2cc(NC(=O)c3ccn(COc4cccc(Cl)c4Cl)n3)cn2)c(C)c1. The predicted octanol–water partition coefficient (Wildman–Crippen LogP) is 5.33. The first-order chi connectivity index (χ1) is 15.9. The number of halogens is 2. The number of nitrogens with zero attached hydrogens (tertiary/aromatic N) is 4. The highest BCUT2D eigenvalue weighted by molar-refractivity contribution is 6.42. The molecule has 4 rings (SSSR count). The summed E-state index contributed by atoms with van der Waals surface area (Å²) in [7, 11) is 0. The van der Waals surface area contributed by atoms with Crippen molar-refractivity contribution in [3.63, 3.8) is 0 Å². The number of carbonyl (C=O) groups is 1. The van der Waals surface area contributed by atoms with Gasteiger partial charge in [0.2, 0.25) is 0 Å². The van der Waals surface area contributed by atoms with Crippen LogP contribution in [0.2, 0.25) is 10.0 Å². The molecule has 0 aliphatic rings. The smallest absolute Gasteiger partial charge is 0.276 e. The van der Waals surface area contributed by atoms with Crippen molar-refractivity contribution < 1.29 is 14.3 Å². The molecular weight excluding hydrogens is 465 g/mol. The monoisotopic (exact) mass is 485 g/mol. The Morgan fingerprint density at radius 3 is 2.64 bits per heavy atom. The first kappa shape index (κ1) is 22.7. The zero-order valence-corrected chi connectivity index (χ0v) is 19.5. The first-order valence-corrected chi connectivity index (χ1v) is 10.8. The Morgan fingerprint density at radius 1 is 1.03 bits per heavy atom. The Morgan fingerprint density at radius 2 is 1.82 bits per heavy atom. The summed E-state index contributed by atoms with van der Waals surface area (Å²) in [5.74, 6) is 0.846. The summed E-state index contributed by atoms with van der Waals surface area (Å²) in [6.45, 7) is 4.31. The van der Waals surface area contributed by atoms with Crippen molar-refractivity contribution in [2.75, 3.05) is 5.32 Å². The van der Waals surface area contributed by atoms with Gasteiger partial charge in [-0.15, -0.1) is 0 Å². The number of rotatable bonds is 8. The molecule has 0 fully saturated rings. The molecule has 0 bridgehead atoms. The number of anilines is 1. The molecule has 0 radical (unpaired) electrons. The van der Waals surface area contributed by atoms with Crippen molar-refractivity contribution >= 4 is 34.8 Å². The van der Waals surface area contributed by atoms with Gasteiger partial charge in [0.25, 0.3) is 5.91 Å². The molecule has 33 heavy (non-hydrogen) atoms. The fourth-order valence-corrected chi connectivity index (χ4v) is 3.42. The summed E-state index contributed by atoms with van der Waals surface area (Å²) < 4.78 is 14.5. The molecular formula is C23H21Cl2N5O3. The lowest BCUT2D eigenvalue weighted by atomic mass is 10.1. The van der Waals surface area contributed by atoms with E-state index in [0.29, 0.717) is 21.5 Å². The predicted molar refractivity (Wildman–Crippen MR) is 126 cm³/mol. The van der Waals surface area contributed by atoms with Crippen LogP contribution in [0.3, 0.4) is 0 Å². The third-order valence-electron chi connectivity index (χ3n) is 4.72. The molecule has 4 aromatic rings. The van der Waals surface area contributed by atoms with Gasteiger partial charge in [-0.05, 0) is 43.7 Å². The first-order valence-electron chi connectivity index (χ1n) is 10.0. The van der Waals surface area contributed by atoms with Gasteiger partial charge in [0.1, 0.15) is 16.5 Å². The summed E-state index contributed by atoms with van der Waals surface area (Å²) in [6.07, 6.45) is 4.86. The molecule has 0 aliphatic carbocycles. The van der Waals surface area contributed by atoms with Crippen LogP contribution in [0.1, 0.15) is 21.6 Å². The topological polar surface area (TPSA) is 83.2 Å². The quantitative estimate of drug-likeness (QED) is 0.364. The third kappa shape index (κ3) is 5.66. The molecule has 2 heterocycles. The molecule has 2 aromatic heterocycles. The Bertz CT molecular complexity index is 1280. The van der Waals surface area contributed by atoms with Crippen molar-refractivity contribution in [2.24, 2.45) is 0 Å². The van der Waals surface area contributed by atoms with Crippen molar-refractivity contribution in [3.8, 4) is 11.5 Å². The maximum Gasteiger partial charge on any atom is 0.276 e. The van der Waals surface area contributed by atoms with Crippen LogP contribution in [0.4, 0.5) is 5.69 Å². The summed E-state index contributed by atoms with van der Waals surface area (Å²) in [5, 5.41) is 11.9. The second-order valence-corrected chi connectivity index (χ2v) is 8.12. The molecule has 1 amide bonds. The van der Waals surface area contributed by atoms with Gasteiger partial charge in [0.15, 0.2) is 19.2 Å². The standard InChI is InChI=1S/C23H21Cl2N5O3/c1-15-6-7-20(16(2)10-15)32-14-30-12-17(11-26-30)27-23(31)19-8-9-29(28-19)13-33-21-5-3-4-18(24)22(21)25/h3-12H,13-14H2,1-2H3,(H,27,31). The minimum Gasteiger partial charge on any atom is -0.471 e.